The maximum absolute atomic E-state index is 12.3. The second-order valence-corrected chi connectivity index (χ2v) is 7.15. The molecule has 4 nitrogen and oxygen atoms in total. The van der Waals surface area contributed by atoms with E-state index in [0.717, 1.165) is 33.4 Å². The zero-order valence-electron chi connectivity index (χ0n) is 17.3. The number of hydrazone groups is 1. The molecule has 0 aromatic heterocycles. The Morgan fingerprint density at radius 3 is 2.20 bits per heavy atom. The zero-order chi connectivity index (χ0) is 21.5. The van der Waals surface area contributed by atoms with E-state index in [4.69, 9.17) is 0 Å². The van der Waals surface area contributed by atoms with E-state index in [-0.39, 0.29) is 5.57 Å². The van der Waals surface area contributed by atoms with Gasteiger partial charge in [-0.1, -0.05) is 60.7 Å². The first kappa shape index (κ1) is 20.8. The average molecular weight is 393 g/mol. The number of nitrogens with zero attached hydrogens (tertiary/aromatic N) is 2. The molecule has 1 amide bonds. The average Bonchev–Trinajstić information content (AvgIpc) is 2.76. The van der Waals surface area contributed by atoms with Crippen molar-refractivity contribution in [1.82, 2.24) is 5.43 Å². The van der Waals surface area contributed by atoms with Gasteiger partial charge in [0.05, 0.1) is 6.21 Å². The fraction of sp³-hybridized carbons (Fsp3) is 0.115. The van der Waals surface area contributed by atoms with Crippen LogP contribution in [0.25, 0.3) is 17.2 Å². The van der Waals surface area contributed by atoms with Crippen LogP contribution in [0.3, 0.4) is 0 Å². The van der Waals surface area contributed by atoms with E-state index >= 15 is 0 Å². The lowest BCUT2D eigenvalue weighted by molar-refractivity contribution is -0.117. The lowest BCUT2D eigenvalue weighted by atomic mass is 10.0. The molecule has 1 N–H and O–H groups in total. The van der Waals surface area contributed by atoms with E-state index in [9.17, 15) is 10.1 Å². The van der Waals surface area contributed by atoms with Crippen LogP contribution in [0.4, 0.5) is 0 Å². The molecule has 0 bridgehead atoms. The van der Waals surface area contributed by atoms with E-state index in [2.05, 4.69) is 23.5 Å². The first-order valence-corrected chi connectivity index (χ1v) is 9.66. The fourth-order valence-corrected chi connectivity index (χ4v) is 3.06. The number of rotatable bonds is 5. The molecule has 0 aliphatic carbocycles. The SMILES string of the molecule is Cc1cc(C)c(C=NNC(=O)C(C#N)=Cc2ccc(-c3ccccc3)cc2)cc1C. The van der Waals surface area contributed by atoms with Crippen molar-refractivity contribution in [3.63, 3.8) is 0 Å². The first-order chi connectivity index (χ1) is 14.5. The summed E-state index contributed by atoms with van der Waals surface area (Å²) in [5, 5.41) is 13.4. The Kier molecular flexibility index (Phi) is 6.56. The summed E-state index contributed by atoms with van der Waals surface area (Å²) in [4.78, 5) is 12.3. The zero-order valence-corrected chi connectivity index (χ0v) is 17.3. The fourth-order valence-electron chi connectivity index (χ4n) is 3.06. The minimum Gasteiger partial charge on any atom is -0.267 e. The first-order valence-electron chi connectivity index (χ1n) is 9.66. The molecule has 0 saturated carbocycles. The Labute approximate surface area is 177 Å². The van der Waals surface area contributed by atoms with Crippen LogP contribution in [0.15, 0.2) is 77.4 Å². The number of hydrogen-bond donors (Lipinski definition) is 1. The molecule has 4 heteroatoms. The molecule has 3 aromatic carbocycles. The Morgan fingerprint density at radius 1 is 0.900 bits per heavy atom. The number of hydrogen-bond acceptors (Lipinski definition) is 3. The molecule has 30 heavy (non-hydrogen) atoms. The molecule has 0 aliphatic heterocycles. The van der Waals surface area contributed by atoms with Gasteiger partial charge in [-0.15, -0.1) is 0 Å². The summed E-state index contributed by atoms with van der Waals surface area (Å²) < 4.78 is 0. The van der Waals surface area contributed by atoms with Crippen LogP contribution >= 0.6 is 0 Å². The Hall–Kier alpha value is -3.97. The van der Waals surface area contributed by atoms with Gasteiger partial charge in [-0.2, -0.15) is 10.4 Å². The van der Waals surface area contributed by atoms with Gasteiger partial charge in [0.1, 0.15) is 11.6 Å². The summed E-state index contributed by atoms with van der Waals surface area (Å²) >= 11 is 0. The maximum Gasteiger partial charge on any atom is 0.282 e. The standard InChI is InChI=1S/C26H23N3O/c1-18-13-20(3)25(14-19(18)2)17-28-29-26(30)24(16-27)15-21-9-11-23(12-10-21)22-7-5-4-6-8-22/h4-15,17H,1-3H3,(H,29,30). The molecule has 0 spiro atoms. The second-order valence-electron chi connectivity index (χ2n) is 7.15. The van der Waals surface area contributed by atoms with Gasteiger partial charge >= 0.3 is 0 Å². The van der Waals surface area contributed by atoms with E-state index in [1.807, 2.05) is 80.6 Å². The van der Waals surface area contributed by atoms with Crippen molar-refractivity contribution >= 4 is 18.2 Å². The predicted octanol–water partition coefficient (Wildman–Crippen LogP) is 5.34. The molecule has 3 rings (SSSR count). The van der Waals surface area contributed by atoms with Crippen molar-refractivity contribution in [1.29, 1.82) is 5.26 Å². The van der Waals surface area contributed by atoms with Gasteiger partial charge in [0.2, 0.25) is 0 Å². The van der Waals surface area contributed by atoms with E-state index in [1.165, 1.54) is 5.56 Å². The lowest BCUT2D eigenvalue weighted by Gasteiger charge is -2.05. The summed E-state index contributed by atoms with van der Waals surface area (Å²) in [6.45, 7) is 6.08. The van der Waals surface area contributed by atoms with Crippen LogP contribution in [0.2, 0.25) is 0 Å². The van der Waals surface area contributed by atoms with Gasteiger partial charge in [-0.05, 0) is 71.9 Å². The number of carbonyl (C=O) groups is 1. The predicted molar refractivity (Wildman–Crippen MR) is 122 cm³/mol. The van der Waals surface area contributed by atoms with Crippen LogP contribution in [0.1, 0.15) is 27.8 Å². The summed E-state index contributed by atoms with van der Waals surface area (Å²) in [7, 11) is 0. The number of nitrogens with one attached hydrogen (secondary N) is 1. The van der Waals surface area contributed by atoms with Crippen LogP contribution in [0, 0.1) is 32.1 Å². The third kappa shape index (κ3) is 5.09. The Morgan fingerprint density at radius 2 is 1.53 bits per heavy atom. The normalized spacial score (nSPS) is 11.3. The van der Waals surface area contributed by atoms with Crippen LogP contribution < -0.4 is 5.43 Å². The summed E-state index contributed by atoms with van der Waals surface area (Å²) in [6.07, 6.45) is 3.16. The van der Waals surface area contributed by atoms with Crippen molar-refractivity contribution in [3.05, 3.63) is 100 Å². The number of amides is 1. The smallest absolute Gasteiger partial charge is 0.267 e. The lowest BCUT2D eigenvalue weighted by Crippen LogP contribution is -2.19. The Balaban J connectivity index is 1.71. The van der Waals surface area contributed by atoms with E-state index in [1.54, 1.807) is 12.3 Å². The van der Waals surface area contributed by atoms with E-state index < -0.39 is 5.91 Å². The third-order valence-electron chi connectivity index (χ3n) is 4.95. The summed E-state index contributed by atoms with van der Waals surface area (Å²) in [5.74, 6) is -0.539. The molecular weight excluding hydrogens is 370 g/mol. The highest BCUT2D eigenvalue weighted by Crippen LogP contribution is 2.20. The van der Waals surface area contributed by atoms with Gasteiger partial charge in [-0.25, -0.2) is 5.43 Å². The largest absolute Gasteiger partial charge is 0.282 e. The molecule has 3 aromatic rings. The maximum atomic E-state index is 12.3. The van der Waals surface area contributed by atoms with Crippen molar-refractivity contribution in [2.45, 2.75) is 20.8 Å². The van der Waals surface area contributed by atoms with Crippen LogP contribution in [0.5, 0.6) is 0 Å². The van der Waals surface area contributed by atoms with Gasteiger partial charge in [0, 0.05) is 0 Å². The highest BCUT2D eigenvalue weighted by atomic mass is 16.2. The van der Waals surface area contributed by atoms with Gasteiger partial charge in [0.25, 0.3) is 5.91 Å². The monoisotopic (exact) mass is 393 g/mol. The number of benzene rings is 3. The highest BCUT2D eigenvalue weighted by molar-refractivity contribution is 6.02. The molecule has 0 radical (unpaired) electrons. The minimum atomic E-state index is -0.539. The van der Waals surface area contributed by atoms with Gasteiger partial charge in [-0.3, -0.25) is 4.79 Å². The van der Waals surface area contributed by atoms with Gasteiger partial charge < -0.3 is 0 Å². The van der Waals surface area contributed by atoms with Gasteiger partial charge in [0.15, 0.2) is 0 Å². The van der Waals surface area contributed by atoms with Crippen LogP contribution in [-0.2, 0) is 4.79 Å². The third-order valence-corrected chi connectivity index (χ3v) is 4.95. The quantitative estimate of drug-likeness (QED) is 0.275. The summed E-state index contributed by atoms with van der Waals surface area (Å²) in [5.41, 5.74) is 9.77. The molecule has 0 aliphatic rings. The molecule has 0 unspecified atom stereocenters. The number of aryl methyl sites for hydroxylation is 3. The number of nitriles is 1. The Bertz CT molecular complexity index is 1150. The topological polar surface area (TPSA) is 65.2 Å². The van der Waals surface area contributed by atoms with E-state index in [0.29, 0.717) is 0 Å². The van der Waals surface area contributed by atoms with Crippen molar-refractivity contribution in [2.24, 2.45) is 5.10 Å². The molecule has 148 valence electrons. The molecule has 0 atom stereocenters. The van der Waals surface area contributed by atoms with Crippen molar-refractivity contribution in [2.75, 3.05) is 0 Å². The summed E-state index contributed by atoms with van der Waals surface area (Å²) in [6, 6.07) is 23.8. The molecule has 0 heterocycles. The van der Waals surface area contributed by atoms with Crippen LogP contribution in [-0.4, -0.2) is 12.1 Å². The second kappa shape index (κ2) is 9.49. The van der Waals surface area contributed by atoms with Crippen molar-refractivity contribution < 1.29 is 4.79 Å². The molecule has 0 saturated heterocycles. The minimum absolute atomic E-state index is 0.00332. The molecule has 0 fully saturated rings. The molecular formula is C26H23N3O. The highest BCUT2D eigenvalue weighted by Gasteiger charge is 2.08. The van der Waals surface area contributed by atoms with Crippen molar-refractivity contribution in [3.8, 4) is 17.2 Å². The number of carbonyl (C=O) groups excluding carboxylic acids is 1.